The molecule has 7 heteroatoms. The van der Waals surface area contributed by atoms with Crippen LogP contribution in [0.1, 0.15) is 10.9 Å². The SMILES string of the molecule is COc1ccc(OCCN2C(=O)CSC2c2c(OC)cccc2OC)cc1. The van der Waals surface area contributed by atoms with E-state index < -0.39 is 0 Å². The Balaban J connectivity index is 1.71. The van der Waals surface area contributed by atoms with Crippen LogP contribution in [-0.4, -0.2) is 51.0 Å². The first-order valence-electron chi connectivity index (χ1n) is 8.56. The molecule has 0 aromatic heterocycles. The average Bonchev–Trinajstić information content (AvgIpc) is 3.08. The van der Waals surface area contributed by atoms with Crippen LogP contribution in [0.5, 0.6) is 23.0 Å². The molecule has 6 nitrogen and oxygen atoms in total. The van der Waals surface area contributed by atoms with Gasteiger partial charge in [0.05, 0.1) is 39.2 Å². The Kier molecular flexibility index (Phi) is 6.34. The second-order valence-electron chi connectivity index (χ2n) is 5.85. The van der Waals surface area contributed by atoms with E-state index in [0.717, 1.165) is 17.1 Å². The van der Waals surface area contributed by atoms with Crippen molar-refractivity contribution in [1.29, 1.82) is 0 Å². The highest BCUT2D eigenvalue weighted by molar-refractivity contribution is 8.00. The molecule has 0 N–H and O–H groups in total. The maximum atomic E-state index is 12.4. The first-order chi connectivity index (χ1) is 13.2. The molecule has 1 aliphatic rings. The van der Waals surface area contributed by atoms with Crippen molar-refractivity contribution in [3.8, 4) is 23.0 Å². The van der Waals surface area contributed by atoms with Gasteiger partial charge in [-0.3, -0.25) is 4.79 Å². The van der Waals surface area contributed by atoms with Gasteiger partial charge in [0.15, 0.2) is 0 Å². The van der Waals surface area contributed by atoms with Crippen LogP contribution in [0.15, 0.2) is 42.5 Å². The second-order valence-corrected chi connectivity index (χ2v) is 6.92. The van der Waals surface area contributed by atoms with Crippen LogP contribution < -0.4 is 18.9 Å². The van der Waals surface area contributed by atoms with Crippen LogP contribution in [0.4, 0.5) is 0 Å². The van der Waals surface area contributed by atoms with E-state index in [9.17, 15) is 4.79 Å². The summed E-state index contributed by atoms with van der Waals surface area (Å²) in [5, 5.41) is -0.164. The quantitative estimate of drug-likeness (QED) is 0.690. The number of benzene rings is 2. The molecule has 0 spiro atoms. The van der Waals surface area contributed by atoms with E-state index in [1.165, 1.54) is 0 Å². The Labute approximate surface area is 163 Å². The predicted molar refractivity (Wildman–Crippen MR) is 105 cm³/mol. The van der Waals surface area contributed by atoms with E-state index in [1.807, 2.05) is 47.4 Å². The fourth-order valence-electron chi connectivity index (χ4n) is 2.99. The Morgan fingerprint density at radius 3 is 2.19 bits per heavy atom. The van der Waals surface area contributed by atoms with Gasteiger partial charge < -0.3 is 23.8 Å². The highest BCUT2D eigenvalue weighted by atomic mass is 32.2. The number of rotatable bonds is 8. The van der Waals surface area contributed by atoms with E-state index in [-0.39, 0.29) is 11.3 Å². The summed E-state index contributed by atoms with van der Waals surface area (Å²) in [4.78, 5) is 14.2. The Morgan fingerprint density at radius 2 is 1.59 bits per heavy atom. The average molecular weight is 389 g/mol. The number of carbonyl (C=O) groups excluding carboxylic acids is 1. The summed E-state index contributed by atoms with van der Waals surface area (Å²) in [6.45, 7) is 0.871. The molecular formula is C20H23NO5S. The standard InChI is InChI=1S/C20H23NO5S/c1-23-14-7-9-15(10-8-14)26-12-11-21-18(22)13-27-20(21)19-16(24-2)5-4-6-17(19)25-3/h4-10,20H,11-13H2,1-3H3. The van der Waals surface area contributed by atoms with Gasteiger partial charge in [0.25, 0.3) is 0 Å². The zero-order valence-corrected chi connectivity index (χ0v) is 16.5. The monoisotopic (exact) mass is 389 g/mol. The van der Waals surface area contributed by atoms with E-state index >= 15 is 0 Å². The lowest BCUT2D eigenvalue weighted by molar-refractivity contribution is -0.128. The third-order valence-corrected chi connectivity index (χ3v) is 5.56. The summed E-state index contributed by atoms with van der Waals surface area (Å²) in [7, 11) is 4.87. The zero-order valence-electron chi connectivity index (χ0n) is 15.6. The molecule has 0 aliphatic carbocycles. The van der Waals surface area contributed by atoms with Crippen molar-refractivity contribution in [3.63, 3.8) is 0 Å². The number of methoxy groups -OCH3 is 3. The third-order valence-electron chi connectivity index (χ3n) is 4.34. The molecule has 3 rings (SSSR count). The molecule has 2 aromatic rings. The van der Waals surface area contributed by atoms with Crippen LogP contribution in [-0.2, 0) is 4.79 Å². The molecule has 2 aromatic carbocycles. The van der Waals surface area contributed by atoms with Crippen molar-refractivity contribution in [2.75, 3.05) is 40.2 Å². The minimum atomic E-state index is -0.164. The smallest absolute Gasteiger partial charge is 0.233 e. The van der Waals surface area contributed by atoms with Gasteiger partial charge in [-0.25, -0.2) is 0 Å². The fourth-order valence-corrected chi connectivity index (χ4v) is 4.26. The van der Waals surface area contributed by atoms with Crippen LogP contribution in [0, 0.1) is 0 Å². The highest BCUT2D eigenvalue weighted by Gasteiger charge is 2.36. The van der Waals surface area contributed by atoms with Crippen molar-refractivity contribution < 1.29 is 23.7 Å². The summed E-state index contributed by atoms with van der Waals surface area (Å²) in [6.07, 6.45) is 0. The van der Waals surface area contributed by atoms with E-state index in [4.69, 9.17) is 18.9 Å². The van der Waals surface area contributed by atoms with Crippen LogP contribution >= 0.6 is 11.8 Å². The first kappa shape index (κ1) is 19.2. The van der Waals surface area contributed by atoms with Gasteiger partial charge >= 0.3 is 0 Å². The number of thioether (sulfide) groups is 1. The summed E-state index contributed by atoms with van der Waals surface area (Å²) >= 11 is 1.57. The molecular weight excluding hydrogens is 366 g/mol. The number of amides is 1. The molecule has 0 radical (unpaired) electrons. The zero-order chi connectivity index (χ0) is 19.2. The molecule has 1 fully saturated rings. The molecule has 144 valence electrons. The fraction of sp³-hybridized carbons (Fsp3) is 0.350. The summed E-state index contributed by atoms with van der Waals surface area (Å²) in [5.74, 6) is 3.44. The number of carbonyl (C=O) groups is 1. The van der Waals surface area contributed by atoms with Gasteiger partial charge in [0.2, 0.25) is 5.91 Å². The van der Waals surface area contributed by atoms with Crippen molar-refractivity contribution >= 4 is 17.7 Å². The van der Waals surface area contributed by atoms with Crippen LogP contribution in [0.3, 0.4) is 0 Å². The Hall–Kier alpha value is -2.54. The maximum Gasteiger partial charge on any atom is 0.233 e. The van der Waals surface area contributed by atoms with Gasteiger partial charge in [-0.15, -0.1) is 11.8 Å². The maximum absolute atomic E-state index is 12.4. The third kappa shape index (κ3) is 4.24. The van der Waals surface area contributed by atoms with Crippen molar-refractivity contribution in [2.24, 2.45) is 0 Å². The largest absolute Gasteiger partial charge is 0.497 e. The number of nitrogens with zero attached hydrogens (tertiary/aromatic N) is 1. The minimum absolute atomic E-state index is 0.0799. The lowest BCUT2D eigenvalue weighted by Crippen LogP contribution is -2.32. The van der Waals surface area contributed by atoms with Gasteiger partial charge in [-0.1, -0.05) is 6.07 Å². The van der Waals surface area contributed by atoms with E-state index in [0.29, 0.717) is 30.4 Å². The molecule has 1 saturated heterocycles. The number of hydrogen-bond donors (Lipinski definition) is 0. The van der Waals surface area contributed by atoms with Gasteiger partial charge in [-0.05, 0) is 36.4 Å². The first-order valence-corrected chi connectivity index (χ1v) is 9.61. The summed E-state index contributed by atoms with van der Waals surface area (Å²) in [5.41, 5.74) is 0.878. The summed E-state index contributed by atoms with van der Waals surface area (Å²) in [6, 6.07) is 13.0. The Morgan fingerprint density at radius 1 is 0.963 bits per heavy atom. The number of ether oxygens (including phenoxy) is 4. The Bertz CT molecular complexity index is 758. The highest BCUT2D eigenvalue weighted by Crippen LogP contribution is 2.46. The van der Waals surface area contributed by atoms with Crippen molar-refractivity contribution in [2.45, 2.75) is 5.37 Å². The van der Waals surface area contributed by atoms with E-state index in [1.54, 1.807) is 33.1 Å². The van der Waals surface area contributed by atoms with Crippen LogP contribution in [0.25, 0.3) is 0 Å². The lowest BCUT2D eigenvalue weighted by Gasteiger charge is -2.26. The molecule has 27 heavy (non-hydrogen) atoms. The molecule has 1 aliphatic heterocycles. The normalized spacial score (nSPS) is 16.3. The van der Waals surface area contributed by atoms with Crippen molar-refractivity contribution in [3.05, 3.63) is 48.0 Å². The molecule has 0 bridgehead atoms. The minimum Gasteiger partial charge on any atom is -0.497 e. The van der Waals surface area contributed by atoms with Gasteiger partial charge in [-0.2, -0.15) is 0 Å². The second kappa shape index (κ2) is 8.90. The van der Waals surface area contributed by atoms with Gasteiger partial charge in [0.1, 0.15) is 35.0 Å². The molecule has 1 unspecified atom stereocenters. The van der Waals surface area contributed by atoms with E-state index in [2.05, 4.69) is 0 Å². The van der Waals surface area contributed by atoms with Gasteiger partial charge in [0, 0.05) is 0 Å². The molecule has 1 heterocycles. The lowest BCUT2D eigenvalue weighted by atomic mass is 10.1. The predicted octanol–water partition coefficient (Wildman–Crippen LogP) is 3.37. The summed E-state index contributed by atoms with van der Waals surface area (Å²) < 4.78 is 21.9. The topological polar surface area (TPSA) is 57.2 Å². The molecule has 1 atom stereocenters. The van der Waals surface area contributed by atoms with Crippen molar-refractivity contribution in [1.82, 2.24) is 4.90 Å². The molecule has 1 amide bonds. The van der Waals surface area contributed by atoms with Crippen LogP contribution in [0.2, 0.25) is 0 Å². The molecule has 0 saturated carbocycles. The number of hydrogen-bond acceptors (Lipinski definition) is 6.